The summed E-state index contributed by atoms with van der Waals surface area (Å²) in [6, 6.07) is 6.37. The molecule has 3 aromatic rings. The first-order chi connectivity index (χ1) is 10.5. The zero-order valence-corrected chi connectivity index (χ0v) is 12.3. The maximum atomic E-state index is 14.0. The highest BCUT2D eigenvalue weighted by molar-refractivity contribution is 5.87. The van der Waals surface area contributed by atoms with E-state index in [9.17, 15) is 9.50 Å². The first kappa shape index (κ1) is 14.4. The van der Waals surface area contributed by atoms with Gasteiger partial charge in [0.2, 0.25) is 0 Å². The van der Waals surface area contributed by atoms with Gasteiger partial charge in [0.1, 0.15) is 23.6 Å². The van der Waals surface area contributed by atoms with Gasteiger partial charge in [-0.15, -0.1) is 0 Å². The van der Waals surface area contributed by atoms with Crippen LogP contribution in [0.5, 0.6) is 0 Å². The van der Waals surface area contributed by atoms with Crippen LogP contribution in [-0.4, -0.2) is 37.0 Å². The van der Waals surface area contributed by atoms with Crippen molar-refractivity contribution in [3.8, 4) is 5.69 Å². The molecule has 3 rings (SSSR count). The number of rotatable bonds is 4. The van der Waals surface area contributed by atoms with Crippen LogP contribution in [0.3, 0.4) is 0 Å². The first-order valence-corrected chi connectivity index (χ1v) is 6.84. The first-order valence-electron chi connectivity index (χ1n) is 6.84. The molecule has 0 fully saturated rings. The number of anilines is 1. The Labute approximate surface area is 126 Å². The molecule has 0 atom stereocenters. The van der Waals surface area contributed by atoms with Crippen LogP contribution in [0.15, 0.2) is 36.8 Å². The second-order valence-corrected chi connectivity index (χ2v) is 5.63. The summed E-state index contributed by atoms with van der Waals surface area (Å²) in [6.07, 6.45) is 2.97. The molecule has 0 aliphatic carbocycles. The summed E-state index contributed by atoms with van der Waals surface area (Å²) in [5.41, 5.74) is 0.279. The lowest BCUT2D eigenvalue weighted by molar-refractivity contribution is 0.234. The normalized spacial score (nSPS) is 11.8. The van der Waals surface area contributed by atoms with Crippen LogP contribution < -0.4 is 5.32 Å². The Kier molecular flexibility index (Phi) is 3.50. The molecule has 2 heterocycles. The van der Waals surface area contributed by atoms with Gasteiger partial charge in [-0.3, -0.25) is 0 Å². The molecule has 0 aliphatic rings. The predicted octanol–water partition coefficient (Wildman–Crippen LogP) is 2.14. The van der Waals surface area contributed by atoms with E-state index in [1.807, 2.05) is 13.8 Å². The smallest absolute Gasteiger partial charge is 0.168 e. The van der Waals surface area contributed by atoms with E-state index in [0.29, 0.717) is 22.5 Å². The third-order valence-corrected chi connectivity index (χ3v) is 3.30. The van der Waals surface area contributed by atoms with E-state index in [0.717, 1.165) is 0 Å². The highest BCUT2D eigenvalue weighted by atomic mass is 19.1. The fraction of sp³-hybridized carbons (Fsp3) is 0.267. The lowest BCUT2D eigenvalue weighted by Gasteiger charge is -2.24. The molecule has 0 bridgehead atoms. The summed E-state index contributed by atoms with van der Waals surface area (Å²) in [4.78, 5) is 8.38. The Morgan fingerprint density at radius 3 is 2.77 bits per heavy atom. The lowest BCUT2D eigenvalue weighted by atomic mass is 10.1. The van der Waals surface area contributed by atoms with Gasteiger partial charge in [0.05, 0.1) is 23.7 Å². The van der Waals surface area contributed by atoms with E-state index >= 15 is 0 Å². The fourth-order valence-electron chi connectivity index (χ4n) is 2.10. The van der Waals surface area contributed by atoms with Crippen LogP contribution in [0.1, 0.15) is 13.8 Å². The van der Waals surface area contributed by atoms with Crippen molar-refractivity contribution < 1.29 is 9.50 Å². The number of hydrogen-bond acceptors (Lipinski definition) is 5. The van der Waals surface area contributed by atoms with Gasteiger partial charge in [0.15, 0.2) is 5.65 Å². The minimum Gasteiger partial charge on any atom is -0.394 e. The maximum absolute atomic E-state index is 14.0. The Morgan fingerprint density at radius 1 is 1.27 bits per heavy atom. The highest BCUT2D eigenvalue weighted by Gasteiger charge is 2.20. The summed E-state index contributed by atoms with van der Waals surface area (Å²) in [5, 5.41) is 17.4. The largest absolute Gasteiger partial charge is 0.394 e. The van der Waals surface area contributed by atoms with E-state index in [1.165, 1.54) is 17.1 Å². The third-order valence-electron chi connectivity index (χ3n) is 3.30. The standard InChI is InChI=1S/C15H16FN5O/c1-15(2,8-22)20-13-10-7-19-21(14(10)18-9-17-13)12-6-4-3-5-11(12)16/h3-7,9,22H,8H2,1-2H3,(H,17,18,20). The summed E-state index contributed by atoms with van der Waals surface area (Å²) >= 11 is 0. The Balaban J connectivity index is 2.12. The van der Waals surface area contributed by atoms with Crippen molar-refractivity contribution >= 4 is 16.9 Å². The molecule has 0 amide bonds. The van der Waals surface area contributed by atoms with Crippen LogP contribution in [0.4, 0.5) is 10.2 Å². The molecule has 0 spiro atoms. The molecule has 0 saturated carbocycles. The number of halogens is 1. The third kappa shape index (κ3) is 2.50. The van der Waals surface area contributed by atoms with Crippen LogP contribution in [0, 0.1) is 5.82 Å². The van der Waals surface area contributed by atoms with Gasteiger partial charge >= 0.3 is 0 Å². The number of fused-ring (bicyclic) bond motifs is 1. The zero-order chi connectivity index (χ0) is 15.7. The second kappa shape index (κ2) is 5.34. The summed E-state index contributed by atoms with van der Waals surface area (Å²) < 4.78 is 15.4. The average molecular weight is 301 g/mol. The molecule has 0 saturated heterocycles. The number of aliphatic hydroxyl groups is 1. The van der Waals surface area contributed by atoms with Crippen molar-refractivity contribution in [1.82, 2.24) is 19.7 Å². The number of nitrogens with zero attached hydrogens (tertiary/aromatic N) is 4. The summed E-state index contributed by atoms with van der Waals surface area (Å²) in [6.45, 7) is 3.64. The van der Waals surface area contributed by atoms with Crippen LogP contribution in [0.25, 0.3) is 16.7 Å². The topological polar surface area (TPSA) is 75.9 Å². The number of nitrogens with one attached hydrogen (secondary N) is 1. The highest BCUT2D eigenvalue weighted by Crippen LogP contribution is 2.24. The Morgan fingerprint density at radius 2 is 2.05 bits per heavy atom. The van der Waals surface area contributed by atoms with Gasteiger partial charge in [-0.05, 0) is 26.0 Å². The molecular weight excluding hydrogens is 285 g/mol. The van der Waals surface area contributed by atoms with Crippen molar-refractivity contribution in [2.24, 2.45) is 0 Å². The summed E-state index contributed by atoms with van der Waals surface area (Å²) in [7, 11) is 0. The zero-order valence-electron chi connectivity index (χ0n) is 12.3. The van der Waals surface area contributed by atoms with Gasteiger partial charge in [-0.1, -0.05) is 12.1 Å². The van der Waals surface area contributed by atoms with E-state index < -0.39 is 5.54 Å². The monoisotopic (exact) mass is 301 g/mol. The predicted molar refractivity (Wildman–Crippen MR) is 81.4 cm³/mol. The molecule has 0 radical (unpaired) electrons. The van der Waals surface area contributed by atoms with Gasteiger partial charge in [0.25, 0.3) is 0 Å². The SMILES string of the molecule is CC(C)(CO)Nc1ncnc2c1cnn2-c1ccccc1F. The van der Waals surface area contributed by atoms with Crippen LogP contribution >= 0.6 is 0 Å². The molecule has 2 N–H and O–H groups in total. The quantitative estimate of drug-likeness (QED) is 0.772. The molecule has 22 heavy (non-hydrogen) atoms. The van der Waals surface area contributed by atoms with E-state index in [2.05, 4.69) is 20.4 Å². The minimum absolute atomic E-state index is 0.0556. The van der Waals surface area contributed by atoms with Crippen molar-refractivity contribution in [3.05, 3.63) is 42.6 Å². The number of hydrogen-bond donors (Lipinski definition) is 2. The average Bonchev–Trinajstić information content (AvgIpc) is 2.92. The number of aliphatic hydroxyl groups excluding tert-OH is 1. The van der Waals surface area contributed by atoms with Crippen LogP contribution in [0.2, 0.25) is 0 Å². The van der Waals surface area contributed by atoms with Gasteiger partial charge in [-0.25, -0.2) is 19.0 Å². The van der Waals surface area contributed by atoms with E-state index in [4.69, 9.17) is 0 Å². The molecule has 6 nitrogen and oxygen atoms in total. The molecule has 1 aromatic carbocycles. The maximum Gasteiger partial charge on any atom is 0.168 e. The van der Waals surface area contributed by atoms with Crippen molar-refractivity contribution in [2.75, 3.05) is 11.9 Å². The number of benzene rings is 1. The lowest BCUT2D eigenvalue weighted by Crippen LogP contribution is -2.35. The van der Waals surface area contributed by atoms with Gasteiger partial charge in [-0.2, -0.15) is 5.10 Å². The minimum atomic E-state index is -0.540. The molecule has 2 aromatic heterocycles. The summed E-state index contributed by atoms with van der Waals surface area (Å²) in [5.74, 6) is 0.169. The second-order valence-electron chi connectivity index (χ2n) is 5.63. The molecule has 7 heteroatoms. The number of aromatic nitrogens is 4. The molecule has 0 unspecified atom stereocenters. The molecule has 114 valence electrons. The fourth-order valence-corrected chi connectivity index (χ4v) is 2.10. The van der Waals surface area contributed by atoms with Gasteiger partial charge in [0, 0.05) is 0 Å². The van der Waals surface area contributed by atoms with Crippen molar-refractivity contribution in [1.29, 1.82) is 0 Å². The molecule has 0 aliphatic heterocycles. The van der Waals surface area contributed by atoms with Crippen molar-refractivity contribution in [3.63, 3.8) is 0 Å². The Bertz CT molecular complexity index is 815. The van der Waals surface area contributed by atoms with E-state index in [-0.39, 0.29) is 12.4 Å². The Hall–Kier alpha value is -2.54. The molecular formula is C15H16FN5O. The van der Waals surface area contributed by atoms with Crippen molar-refractivity contribution in [2.45, 2.75) is 19.4 Å². The van der Waals surface area contributed by atoms with Gasteiger partial charge < -0.3 is 10.4 Å². The van der Waals surface area contributed by atoms with E-state index in [1.54, 1.807) is 24.4 Å². The van der Waals surface area contributed by atoms with Crippen LogP contribution in [-0.2, 0) is 0 Å². The number of para-hydroxylation sites is 1.